The molecule has 5 heteroatoms. The van der Waals surface area contributed by atoms with Crippen molar-refractivity contribution in [2.24, 2.45) is 5.92 Å². The van der Waals surface area contributed by atoms with Crippen molar-refractivity contribution in [3.8, 4) is 28.5 Å². The molecule has 4 aromatic rings. The summed E-state index contributed by atoms with van der Waals surface area (Å²) >= 11 is 0. The van der Waals surface area contributed by atoms with Crippen LogP contribution in [0.2, 0.25) is 0 Å². The number of aromatic nitrogens is 1. The molecule has 1 saturated carbocycles. The monoisotopic (exact) mass is 468 g/mol. The number of aryl methyl sites for hydroxylation is 1. The maximum atomic E-state index is 10.1. The predicted octanol–water partition coefficient (Wildman–Crippen LogP) is 5.94. The van der Waals surface area contributed by atoms with E-state index >= 15 is 0 Å². The van der Waals surface area contributed by atoms with Gasteiger partial charge in [0, 0.05) is 36.6 Å². The van der Waals surface area contributed by atoms with Crippen LogP contribution in [0.5, 0.6) is 17.2 Å². The highest BCUT2D eigenvalue weighted by atomic mass is 16.5. The van der Waals surface area contributed by atoms with Gasteiger partial charge >= 0.3 is 0 Å². The van der Waals surface area contributed by atoms with Crippen molar-refractivity contribution in [1.82, 2.24) is 9.47 Å². The quantitative estimate of drug-likeness (QED) is 0.352. The normalized spacial score (nSPS) is 19.6. The summed E-state index contributed by atoms with van der Waals surface area (Å²) in [7, 11) is 0. The molecule has 2 bridgehead atoms. The fourth-order valence-corrected chi connectivity index (χ4v) is 6.12. The van der Waals surface area contributed by atoms with Gasteiger partial charge in [-0.25, -0.2) is 0 Å². The maximum Gasteiger partial charge on any atom is 0.119 e. The third-order valence-corrected chi connectivity index (χ3v) is 7.87. The van der Waals surface area contributed by atoms with Gasteiger partial charge in [0.1, 0.15) is 23.9 Å². The van der Waals surface area contributed by atoms with E-state index in [0.717, 1.165) is 58.6 Å². The third kappa shape index (κ3) is 4.25. The molecule has 0 amide bonds. The molecular formula is C30H32N2O3. The number of piperidine rings is 1. The minimum absolute atomic E-state index is 0.250. The van der Waals surface area contributed by atoms with Gasteiger partial charge < -0.3 is 19.5 Å². The van der Waals surface area contributed by atoms with E-state index in [9.17, 15) is 10.2 Å². The number of phenols is 2. The van der Waals surface area contributed by atoms with Crippen LogP contribution in [-0.2, 0) is 6.54 Å². The van der Waals surface area contributed by atoms with Crippen molar-refractivity contribution < 1.29 is 14.9 Å². The topological polar surface area (TPSA) is 57.9 Å². The van der Waals surface area contributed by atoms with Crippen LogP contribution in [0.15, 0.2) is 66.7 Å². The van der Waals surface area contributed by atoms with Gasteiger partial charge in [0.25, 0.3) is 0 Å². The molecule has 2 aliphatic rings. The van der Waals surface area contributed by atoms with E-state index in [0.29, 0.717) is 6.54 Å². The molecule has 2 atom stereocenters. The Labute approximate surface area is 206 Å². The first-order valence-electron chi connectivity index (χ1n) is 12.6. The number of nitrogens with zero attached hydrogens (tertiary/aromatic N) is 2. The van der Waals surface area contributed by atoms with Gasteiger partial charge in [0.15, 0.2) is 0 Å². The van der Waals surface area contributed by atoms with Crippen LogP contribution in [0.25, 0.3) is 22.2 Å². The second-order valence-electron chi connectivity index (χ2n) is 10.1. The molecule has 1 saturated heterocycles. The van der Waals surface area contributed by atoms with Crippen LogP contribution in [0.4, 0.5) is 0 Å². The molecular weight excluding hydrogens is 436 g/mol. The molecule has 1 aliphatic carbocycles. The summed E-state index contributed by atoms with van der Waals surface area (Å²) < 4.78 is 8.36. The molecule has 0 spiro atoms. The highest BCUT2D eigenvalue weighted by molar-refractivity contribution is 5.92. The molecule has 35 heavy (non-hydrogen) atoms. The fourth-order valence-electron chi connectivity index (χ4n) is 6.12. The summed E-state index contributed by atoms with van der Waals surface area (Å²) in [5, 5.41) is 20.9. The molecule has 1 aliphatic heterocycles. The molecule has 0 radical (unpaired) electrons. The van der Waals surface area contributed by atoms with Crippen molar-refractivity contribution in [1.29, 1.82) is 0 Å². The van der Waals surface area contributed by atoms with E-state index < -0.39 is 0 Å². The molecule has 2 N–H and O–H groups in total. The Kier molecular flexibility index (Phi) is 5.65. The largest absolute Gasteiger partial charge is 0.508 e. The lowest BCUT2D eigenvalue weighted by molar-refractivity contribution is 0.172. The third-order valence-electron chi connectivity index (χ3n) is 7.87. The summed E-state index contributed by atoms with van der Waals surface area (Å²) in [6.07, 6.45) is 4.15. The van der Waals surface area contributed by atoms with E-state index in [2.05, 4.69) is 40.7 Å². The number of fused-ring (bicyclic) bond motifs is 3. The van der Waals surface area contributed by atoms with Gasteiger partial charge in [-0.05, 0) is 103 Å². The summed E-state index contributed by atoms with van der Waals surface area (Å²) in [6, 6.07) is 22.0. The van der Waals surface area contributed by atoms with Crippen LogP contribution in [0.3, 0.4) is 0 Å². The highest BCUT2D eigenvalue weighted by Crippen LogP contribution is 2.37. The zero-order valence-electron chi connectivity index (χ0n) is 20.2. The van der Waals surface area contributed by atoms with Gasteiger partial charge in [0.05, 0.1) is 5.69 Å². The van der Waals surface area contributed by atoms with E-state index in [1.54, 1.807) is 18.2 Å². The van der Waals surface area contributed by atoms with Crippen molar-refractivity contribution in [3.05, 3.63) is 77.9 Å². The number of hydrogen-bond donors (Lipinski definition) is 2. The fraction of sp³-hybridized carbons (Fsp3) is 0.333. The molecule has 2 heterocycles. The van der Waals surface area contributed by atoms with Crippen LogP contribution < -0.4 is 4.74 Å². The standard InChI is InChI=1S/C30H32N2O3/c1-20-28-17-26(34)10-13-29(28)32(30(20)23-5-8-25(33)9-6-23)19-21-3-11-27(12-4-21)35-15-14-31-18-22-2-7-24(31)16-22/h3-6,8-13,17,22,24,33-34H,2,7,14-16,18-19H2,1H3. The van der Waals surface area contributed by atoms with Gasteiger partial charge in [-0.1, -0.05) is 12.1 Å². The van der Waals surface area contributed by atoms with Crippen molar-refractivity contribution in [2.75, 3.05) is 19.7 Å². The molecule has 3 aromatic carbocycles. The first-order valence-corrected chi connectivity index (χ1v) is 12.6. The number of phenolic OH excluding ortho intramolecular Hbond substituents is 2. The average Bonchev–Trinajstić information content (AvgIpc) is 3.55. The minimum atomic E-state index is 0.250. The average molecular weight is 469 g/mol. The number of benzene rings is 3. The summed E-state index contributed by atoms with van der Waals surface area (Å²) in [4.78, 5) is 2.60. The summed E-state index contributed by atoms with van der Waals surface area (Å²) in [6.45, 7) is 5.78. The van der Waals surface area contributed by atoms with E-state index in [1.807, 2.05) is 24.3 Å². The smallest absolute Gasteiger partial charge is 0.119 e. The van der Waals surface area contributed by atoms with Gasteiger partial charge in [-0.15, -0.1) is 0 Å². The van der Waals surface area contributed by atoms with Crippen LogP contribution in [-0.4, -0.2) is 45.4 Å². The lowest BCUT2D eigenvalue weighted by Gasteiger charge is -2.26. The lowest BCUT2D eigenvalue weighted by atomic mass is 10.1. The second-order valence-corrected chi connectivity index (χ2v) is 10.1. The summed E-state index contributed by atoms with van der Waals surface area (Å²) in [5.41, 5.74) is 5.48. The molecule has 5 nitrogen and oxygen atoms in total. The molecule has 180 valence electrons. The Morgan fingerprint density at radius 3 is 2.40 bits per heavy atom. The van der Waals surface area contributed by atoms with E-state index in [4.69, 9.17) is 4.74 Å². The SMILES string of the molecule is Cc1c(-c2ccc(O)cc2)n(Cc2ccc(OCCN3CC4CCC3C4)cc2)c2ccc(O)cc12. The second kappa shape index (κ2) is 8.97. The zero-order valence-corrected chi connectivity index (χ0v) is 20.2. The van der Waals surface area contributed by atoms with Crippen LogP contribution in [0.1, 0.15) is 30.4 Å². The Morgan fingerprint density at radius 1 is 0.914 bits per heavy atom. The zero-order chi connectivity index (χ0) is 23.9. The maximum absolute atomic E-state index is 10.1. The van der Waals surface area contributed by atoms with Gasteiger partial charge in [-0.2, -0.15) is 0 Å². The Morgan fingerprint density at radius 2 is 1.69 bits per heavy atom. The van der Waals surface area contributed by atoms with Crippen molar-refractivity contribution in [3.63, 3.8) is 0 Å². The van der Waals surface area contributed by atoms with E-state index in [1.165, 1.54) is 31.4 Å². The number of likely N-dealkylation sites (tertiary alicyclic amines) is 1. The number of aromatic hydroxyl groups is 2. The van der Waals surface area contributed by atoms with Gasteiger partial charge in [0.2, 0.25) is 0 Å². The number of ether oxygens (including phenoxy) is 1. The number of hydrogen-bond acceptors (Lipinski definition) is 4. The van der Waals surface area contributed by atoms with Gasteiger partial charge in [-0.3, -0.25) is 4.90 Å². The first-order chi connectivity index (χ1) is 17.0. The lowest BCUT2D eigenvalue weighted by Crippen LogP contribution is -2.35. The predicted molar refractivity (Wildman–Crippen MR) is 139 cm³/mol. The van der Waals surface area contributed by atoms with Crippen molar-refractivity contribution in [2.45, 2.75) is 38.8 Å². The Balaban J connectivity index is 1.22. The molecule has 6 rings (SSSR count). The van der Waals surface area contributed by atoms with Crippen LogP contribution >= 0.6 is 0 Å². The Bertz CT molecular complexity index is 1340. The van der Waals surface area contributed by atoms with Crippen molar-refractivity contribution >= 4 is 10.9 Å². The minimum Gasteiger partial charge on any atom is -0.508 e. The molecule has 1 aromatic heterocycles. The molecule has 2 unspecified atom stereocenters. The van der Waals surface area contributed by atoms with Crippen LogP contribution in [0, 0.1) is 12.8 Å². The molecule has 2 fully saturated rings. The first kappa shape index (κ1) is 22.1. The Hall–Kier alpha value is -3.44. The number of rotatable bonds is 7. The van der Waals surface area contributed by atoms with E-state index in [-0.39, 0.29) is 11.5 Å². The highest BCUT2D eigenvalue weighted by Gasteiger charge is 2.37. The summed E-state index contributed by atoms with van der Waals surface area (Å²) in [5.74, 6) is 2.34.